The molecule has 1 aromatic carbocycles. The second-order valence-corrected chi connectivity index (χ2v) is 6.73. The summed E-state index contributed by atoms with van der Waals surface area (Å²) in [5.74, 6) is 0.747. The molecule has 1 aliphatic rings. The van der Waals surface area contributed by atoms with Crippen molar-refractivity contribution >= 4 is 15.9 Å². The van der Waals surface area contributed by atoms with Gasteiger partial charge in [0.25, 0.3) is 0 Å². The molecule has 94 valence electrons. The molecule has 0 aliphatic carbocycles. The van der Waals surface area contributed by atoms with E-state index in [2.05, 4.69) is 66.3 Å². The second-order valence-electron chi connectivity index (χ2n) is 5.81. The topological polar surface area (TPSA) is 12.0 Å². The molecule has 1 aromatic rings. The van der Waals surface area contributed by atoms with Crippen LogP contribution in [0.2, 0.25) is 0 Å². The molecule has 2 rings (SSSR count). The van der Waals surface area contributed by atoms with Gasteiger partial charge in [-0.25, -0.2) is 0 Å². The molecular weight excluding hydrogens is 274 g/mol. The number of hydrogen-bond donors (Lipinski definition) is 1. The zero-order valence-electron chi connectivity index (χ0n) is 11.0. The van der Waals surface area contributed by atoms with E-state index >= 15 is 0 Å². The Labute approximate surface area is 113 Å². The summed E-state index contributed by atoms with van der Waals surface area (Å²) in [5, 5.41) is 3.68. The summed E-state index contributed by atoms with van der Waals surface area (Å²) < 4.78 is 1.19. The Kier molecular flexibility index (Phi) is 3.94. The molecule has 0 radical (unpaired) electrons. The highest BCUT2D eigenvalue weighted by Crippen LogP contribution is 2.38. The summed E-state index contributed by atoms with van der Waals surface area (Å²) in [6.45, 7) is 8.16. The molecule has 2 unspecified atom stereocenters. The first-order valence-corrected chi connectivity index (χ1v) is 7.31. The zero-order chi connectivity index (χ0) is 12.5. The Bertz CT molecular complexity index is 388. The van der Waals surface area contributed by atoms with Crippen LogP contribution in [0.15, 0.2) is 28.7 Å². The Morgan fingerprint density at radius 2 is 2.24 bits per heavy atom. The van der Waals surface area contributed by atoms with Gasteiger partial charge >= 0.3 is 0 Å². The van der Waals surface area contributed by atoms with Crippen LogP contribution < -0.4 is 5.32 Å². The smallest absolute Gasteiger partial charge is 0.0178 e. The summed E-state index contributed by atoms with van der Waals surface area (Å²) in [7, 11) is 0. The van der Waals surface area contributed by atoms with E-state index in [4.69, 9.17) is 0 Å². The van der Waals surface area contributed by atoms with Crippen LogP contribution in [0.1, 0.15) is 39.2 Å². The molecule has 1 N–H and O–H groups in total. The molecule has 0 bridgehead atoms. The molecule has 2 heteroatoms. The monoisotopic (exact) mass is 295 g/mol. The molecule has 1 fully saturated rings. The van der Waals surface area contributed by atoms with Crippen molar-refractivity contribution in [2.75, 3.05) is 6.54 Å². The minimum absolute atomic E-state index is 0.286. The first kappa shape index (κ1) is 13.1. The van der Waals surface area contributed by atoms with Crippen LogP contribution in [-0.4, -0.2) is 12.6 Å². The molecule has 2 atom stereocenters. The van der Waals surface area contributed by atoms with Crippen molar-refractivity contribution in [3.05, 3.63) is 34.3 Å². The van der Waals surface area contributed by atoms with E-state index in [-0.39, 0.29) is 5.41 Å². The number of benzene rings is 1. The van der Waals surface area contributed by atoms with Crippen LogP contribution in [0.3, 0.4) is 0 Å². The van der Waals surface area contributed by atoms with Crippen molar-refractivity contribution in [2.24, 2.45) is 5.92 Å². The maximum Gasteiger partial charge on any atom is 0.0178 e. The number of rotatable bonds is 3. The lowest BCUT2D eigenvalue weighted by atomic mass is 9.74. The fourth-order valence-electron chi connectivity index (χ4n) is 2.91. The molecule has 0 amide bonds. The predicted octanol–water partition coefficient (Wildman–Crippen LogP) is 4.11. The van der Waals surface area contributed by atoms with Gasteiger partial charge in [0.2, 0.25) is 0 Å². The van der Waals surface area contributed by atoms with E-state index in [0.717, 1.165) is 12.5 Å². The summed E-state index contributed by atoms with van der Waals surface area (Å²) >= 11 is 3.58. The number of hydrogen-bond acceptors (Lipinski definition) is 1. The van der Waals surface area contributed by atoms with Gasteiger partial charge in [-0.05, 0) is 43.0 Å². The van der Waals surface area contributed by atoms with E-state index in [1.807, 2.05) is 0 Å². The molecule has 17 heavy (non-hydrogen) atoms. The van der Waals surface area contributed by atoms with Crippen LogP contribution in [0.5, 0.6) is 0 Å². The first-order chi connectivity index (χ1) is 8.02. The Balaban J connectivity index is 2.27. The van der Waals surface area contributed by atoms with Gasteiger partial charge in [0.05, 0.1) is 0 Å². The molecular formula is C15H22BrN. The van der Waals surface area contributed by atoms with Crippen molar-refractivity contribution in [3.8, 4) is 0 Å². The largest absolute Gasteiger partial charge is 0.313 e. The minimum Gasteiger partial charge on any atom is -0.313 e. The molecule has 1 nitrogen and oxygen atoms in total. The molecule has 0 saturated carbocycles. The fourth-order valence-corrected chi connectivity index (χ4v) is 3.31. The molecule has 0 spiro atoms. The maximum absolute atomic E-state index is 3.68. The quantitative estimate of drug-likeness (QED) is 0.885. The lowest BCUT2D eigenvalue weighted by Crippen LogP contribution is -2.39. The Morgan fingerprint density at radius 3 is 2.88 bits per heavy atom. The lowest BCUT2D eigenvalue weighted by Gasteiger charge is -2.33. The number of halogens is 1. The summed E-state index contributed by atoms with van der Waals surface area (Å²) in [4.78, 5) is 0. The first-order valence-electron chi connectivity index (χ1n) is 6.52. The van der Waals surface area contributed by atoms with Gasteiger partial charge in [0.15, 0.2) is 0 Å². The SMILES string of the molecule is CC(C)CC1NCCC1(C)c1cccc(Br)c1. The van der Waals surface area contributed by atoms with E-state index in [9.17, 15) is 0 Å². The van der Waals surface area contributed by atoms with Gasteiger partial charge in [-0.2, -0.15) is 0 Å². The average Bonchev–Trinajstić information content (AvgIpc) is 2.61. The van der Waals surface area contributed by atoms with E-state index in [1.54, 1.807) is 0 Å². The van der Waals surface area contributed by atoms with E-state index < -0.39 is 0 Å². The average molecular weight is 296 g/mol. The van der Waals surface area contributed by atoms with Crippen LogP contribution in [0, 0.1) is 5.92 Å². The zero-order valence-corrected chi connectivity index (χ0v) is 12.5. The number of nitrogens with one attached hydrogen (secondary N) is 1. The van der Waals surface area contributed by atoms with Gasteiger partial charge in [-0.15, -0.1) is 0 Å². The van der Waals surface area contributed by atoms with Crippen molar-refractivity contribution in [1.82, 2.24) is 5.32 Å². The minimum atomic E-state index is 0.286. The van der Waals surface area contributed by atoms with Crippen molar-refractivity contribution in [1.29, 1.82) is 0 Å². The van der Waals surface area contributed by atoms with Crippen molar-refractivity contribution in [3.63, 3.8) is 0 Å². The molecule has 0 aromatic heterocycles. The third-order valence-corrected chi connectivity index (χ3v) is 4.49. The standard InChI is InChI=1S/C15H22BrN/c1-11(2)9-14-15(3,7-8-17-14)12-5-4-6-13(16)10-12/h4-6,10-11,14,17H,7-9H2,1-3H3. The van der Waals surface area contributed by atoms with E-state index in [0.29, 0.717) is 6.04 Å². The third-order valence-electron chi connectivity index (χ3n) is 4.00. The van der Waals surface area contributed by atoms with E-state index in [1.165, 1.54) is 22.9 Å². The fraction of sp³-hybridized carbons (Fsp3) is 0.600. The van der Waals surface area contributed by atoms with Crippen LogP contribution >= 0.6 is 15.9 Å². The van der Waals surface area contributed by atoms with Gasteiger partial charge < -0.3 is 5.32 Å². The third kappa shape index (κ3) is 2.74. The highest BCUT2D eigenvalue weighted by Gasteiger charge is 2.39. The van der Waals surface area contributed by atoms with Crippen molar-refractivity contribution in [2.45, 2.75) is 45.1 Å². The molecule has 1 aliphatic heterocycles. The predicted molar refractivity (Wildman–Crippen MR) is 77.4 cm³/mol. The van der Waals surface area contributed by atoms with Crippen LogP contribution in [-0.2, 0) is 5.41 Å². The lowest BCUT2D eigenvalue weighted by molar-refractivity contribution is 0.344. The van der Waals surface area contributed by atoms with Gasteiger partial charge in [0.1, 0.15) is 0 Å². The van der Waals surface area contributed by atoms with Gasteiger partial charge in [-0.3, -0.25) is 0 Å². The maximum atomic E-state index is 3.68. The van der Waals surface area contributed by atoms with Crippen molar-refractivity contribution < 1.29 is 0 Å². The highest BCUT2D eigenvalue weighted by molar-refractivity contribution is 9.10. The summed E-state index contributed by atoms with van der Waals surface area (Å²) in [5.41, 5.74) is 1.75. The van der Waals surface area contributed by atoms with Gasteiger partial charge in [-0.1, -0.05) is 48.8 Å². The normalized spacial score (nSPS) is 28.9. The van der Waals surface area contributed by atoms with Gasteiger partial charge in [0, 0.05) is 15.9 Å². The molecule has 1 heterocycles. The van der Waals surface area contributed by atoms with Crippen LogP contribution in [0.25, 0.3) is 0 Å². The second kappa shape index (κ2) is 5.11. The Hall–Kier alpha value is -0.340. The summed E-state index contributed by atoms with van der Waals surface area (Å²) in [6, 6.07) is 9.41. The Morgan fingerprint density at radius 1 is 1.47 bits per heavy atom. The molecule has 1 saturated heterocycles. The highest BCUT2D eigenvalue weighted by atomic mass is 79.9. The van der Waals surface area contributed by atoms with Crippen LogP contribution in [0.4, 0.5) is 0 Å². The summed E-state index contributed by atoms with van der Waals surface area (Å²) in [6.07, 6.45) is 2.49.